The van der Waals surface area contributed by atoms with Gasteiger partial charge in [0.05, 0.1) is 10.0 Å². The Morgan fingerprint density at radius 3 is 2.75 bits per heavy atom. The third-order valence-electron chi connectivity index (χ3n) is 2.25. The maximum atomic E-state index is 11.5. The van der Waals surface area contributed by atoms with Crippen molar-refractivity contribution in [2.24, 2.45) is 7.05 Å². The summed E-state index contributed by atoms with van der Waals surface area (Å²) in [6.45, 7) is 0. The number of halogens is 2. The largest absolute Gasteiger partial charge is 0.296 e. The zero-order chi connectivity index (χ0) is 11.7. The molecule has 0 fully saturated rings. The Morgan fingerprint density at radius 2 is 2.00 bits per heavy atom. The molecule has 0 saturated heterocycles. The van der Waals surface area contributed by atoms with Crippen molar-refractivity contribution in [3.8, 4) is 11.4 Å². The highest BCUT2D eigenvalue weighted by Crippen LogP contribution is 2.31. The van der Waals surface area contributed by atoms with E-state index in [-0.39, 0.29) is 5.56 Å². The van der Waals surface area contributed by atoms with Crippen molar-refractivity contribution >= 4 is 23.2 Å². The molecular formula is C11H8Cl2N2O. The van der Waals surface area contributed by atoms with Gasteiger partial charge in [0.15, 0.2) is 0 Å². The molecule has 16 heavy (non-hydrogen) atoms. The first-order valence-corrected chi connectivity index (χ1v) is 5.33. The van der Waals surface area contributed by atoms with Gasteiger partial charge in [-0.25, -0.2) is 4.98 Å². The predicted octanol–water partition coefficient (Wildman–Crippen LogP) is 2.75. The van der Waals surface area contributed by atoms with Gasteiger partial charge in [0, 0.05) is 24.9 Å². The summed E-state index contributed by atoms with van der Waals surface area (Å²) in [6.07, 6.45) is 1.45. The van der Waals surface area contributed by atoms with E-state index in [0.29, 0.717) is 21.4 Å². The van der Waals surface area contributed by atoms with Gasteiger partial charge >= 0.3 is 0 Å². The molecular weight excluding hydrogens is 247 g/mol. The fourth-order valence-corrected chi connectivity index (χ4v) is 1.79. The first kappa shape index (κ1) is 11.2. The Bertz CT molecular complexity index is 593. The van der Waals surface area contributed by atoms with Crippen LogP contribution in [-0.4, -0.2) is 9.55 Å². The molecule has 0 atom stereocenters. The first-order valence-electron chi connectivity index (χ1n) is 4.57. The third kappa shape index (κ3) is 1.84. The number of hydrogen-bond donors (Lipinski definition) is 0. The molecule has 82 valence electrons. The predicted molar refractivity (Wildman–Crippen MR) is 64.9 cm³/mol. The summed E-state index contributed by atoms with van der Waals surface area (Å²) in [4.78, 5) is 15.6. The molecule has 2 rings (SSSR count). The topological polar surface area (TPSA) is 34.9 Å². The normalized spacial score (nSPS) is 10.4. The Morgan fingerprint density at radius 1 is 1.25 bits per heavy atom. The summed E-state index contributed by atoms with van der Waals surface area (Å²) in [5, 5.41) is 0.843. The van der Waals surface area contributed by atoms with E-state index in [1.165, 1.54) is 16.8 Å². The molecule has 1 aromatic carbocycles. The van der Waals surface area contributed by atoms with Gasteiger partial charge in [0.1, 0.15) is 5.82 Å². The lowest BCUT2D eigenvalue weighted by molar-refractivity contribution is 0.837. The van der Waals surface area contributed by atoms with Crippen molar-refractivity contribution in [1.29, 1.82) is 0 Å². The molecule has 0 aliphatic heterocycles. The minimum absolute atomic E-state index is 0.138. The van der Waals surface area contributed by atoms with Crippen LogP contribution in [0.4, 0.5) is 0 Å². The van der Waals surface area contributed by atoms with E-state index in [1.807, 2.05) is 0 Å². The van der Waals surface area contributed by atoms with Gasteiger partial charge in [-0.2, -0.15) is 0 Å². The Labute approximate surface area is 102 Å². The van der Waals surface area contributed by atoms with E-state index in [2.05, 4.69) is 4.98 Å². The lowest BCUT2D eigenvalue weighted by Gasteiger charge is -2.08. The van der Waals surface area contributed by atoms with Gasteiger partial charge in [-0.05, 0) is 12.1 Å². The summed E-state index contributed by atoms with van der Waals surface area (Å²) in [5.74, 6) is 0.500. The van der Waals surface area contributed by atoms with Crippen molar-refractivity contribution in [2.75, 3.05) is 0 Å². The zero-order valence-corrected chi connectivity index (χ0v) is 9.96. The highest BCUT2D eigenvalue weighted by atomic mass is 35.5. The lowest BCUT2D eigenvalue weighted by Crippen LogP contribution is -2.18. The molecule has 0 aliphatic rings. The molecule has 0 radical (unpaired) electrons. The minimum atomic E-state index is -0.138. The van der Waals surface area contributed by atoms with Crippen LogP contribution in [0.2, 0.25) is 10.0 Å². The van der Waals surface area contributed by atoms with Crippen molar-refractivity contribution in [3.05, 3.63) is 50.9 Å². The van der Waals surface area contributed by atoms with Crippen LogP contribution in [0.25, 0.3) is 11.4 Å². The molecule has 0 amide bonds. The molecule has 0 N–H and O–H groups in total. The standard InChI is InChI=1S/C11H8Cl2N2O/c1-15-9(16)5-6-14-11(15)7-3-2-4-8(12)10(7)13/h2-6H,1H3. The molecule has 1 heterocycles. The molecule has 0 unspecified atom stereocenters. The van der Waals surface area contributed by atoms with Crippen LogP contribution in [0, 0.1) is 0 Å². The Kier molecular flexibility index (Phi) is 2.99. The highest BCUT2D eigenvalue weighted by Gasteiger charge is 2.10. The Balaban J connectivity index is 2.73. The number of hydrogen-bond acceptors (Lipinski definition) is 2. The van der Waals surface area contributed by atoms with E-state index in [0.717, 1.165) is 0 Å². The van der Waals surface area contributed by atoms with E-state index in [1.54, 1.807) is 25.2 Å². The zero-order valence-electron chi connectivity index (χ0n) is 8.45. The van der Waals surface area contributed by atoms with E-state index < -0.39 is 0 Å². The fourth-order valence-electron chi connectivity index (χ4n) is 1.40. The van der Waals surface area contributed by atoms with Crippen molar-refractivity contribution in [1.82, 2.24) is 9.55 Å². The number of rotatable bonds is 1. The summed E-state index contributed by atoms with van der Waals surface area (Å²) >= 11 is 12.0. The molecule has 2 aromatic rings. The van der Waals surface area contributed by atoms with E-state index in [4.69, 9.17) is 23.2 Å². The van der Waals surface area contributed by atoms with Gasteiger partial charge in [-0.3, -0.25) is 9.36 Å². The second-order valence-electron chi connectivity index (χ2n) is 3.27. The molecule has 0 bridgehead atoms. The fraction of sp³-hybridized carbons (Fsp3) is 0.0909. The summed E-state index contributed by atoms with van der Waals surface area (Å²) in [7, 11) is 1.64. The van der Waals surface area contributed by atoms with Crippen molar-refractivity contribution < 1.29 is 0 Å². The summed E-state index contributed by atoms with van der Waals surface area (Å²) < 4.78 is 1.43. The second kappa shape index (κ2) is 4.28. The van der Waals surface area contributed by atoms with Crippen molar-refractivity contribution in [3.63, 3.8) is 0 Å². The van der Waals surface area contributed by atoms with Crippen LogP contribution in [0.3, 0.4) is 0 Å². The molecule has 0 aliphatic carbocycles. The van der Waals surface area contributed by atoms with Gasteiger partial charge in [-0.1, -0.05) is 29.3 Å². The lowest BCUT2D eigenvalue weighted by atomic mass is 10.2. The van der Waals surface area contributed by atoms with Crippen LogP contribution >= 0.6 is 23.2 Å². The quantitative estimate of drug-likeness (QED) is 0.785. The average molecular weight is 255 g/mol. The average Bonchev–Trinajstić information content (AvgIpc) is 2.27. The SMILES string of the molecule is Cn1c(-c2cccc(Cl)c2Cl)nccc1=O. The van der Waals surface area contributed by atoms with E-state index in [9.17, 15) is 4.79 Å². The van der Waals surface area contributed by atoms with Crippen molar-refractivity contribution in [2.45, 2.75) is 0 Å². The van der Waals surface area contributed by atoms with Gasteiger partial charge < -0.3 is 0 Å². The number of aromatic nitrogens is 2. The van der Waals surface area contributed by atoms with Gasteiger partial charge in [0.25, 0.3) is 5.56 Å². The Hall–Kier alpha value is -1.32. The third-order valence-corrected chi connectivity index (χ3v) is 3.07. The summed E-state index contributed by atoms with van der Waals surface area (Å²) in [5.41, 5.74) is 0.510. The van der Waals surface area contributed by atoms with Crippen LogP contribution in [0.1, 0.15) is 0 Å². The highest BCUT2D eigenvalue weighted by molar-refractivity contribution is 6.43. The van der Waals surface area contributed by atoms with Crippen LogP contribution in [-0.2, 0) is 7.05 Å². The monoisotopic (exact) mass is 254 g/mol. The van der Waals surface area contributed by atoms with Crippen LogP contribution < -0.4 is 5.56 Å². The number of benzene rings is 1. The smallest absolute Gasteiger partial charge is 0.253 e. The minimum Gasteiger partial charge on any atom is -0.296 e. The van der Waals surface area contributed by atoms with Gasteiger partial charge in [-0.15, -0.1) is 0 Å². The van der Waals surface area contributed by atoms with Crippen LogP contribution in [0.15, 0.2) is 35.3 Å². The molecule has 1 aromatic heterocycles. The maximum Gasteiger partial charge on any atom is 0.253 e. The van der Waals surface area contributed by atoms with Crippen LogP contribution in [0.5, 0.6) is 0 Å². The molecule has 5 heteroatoms. The van der Waals surface area contributed by atoms with E-state index >= 15 is 0 Å². The molecule has 3 nitrogen and oxygen atoms in total. The molecule has 0 saturated carbocycles. The molecule has 0 spiro atoms. The number of nitrogens with zero attached hydrogens (tertiary/aromatic N) is 2. The van der Waals surface area contributed by atoms with Gasteiger partial charge in [0.2, 0.25) is 0 Å². The second-order valence-corrected chi connectivity index (χ2v) is 4.05. The summed E-state index contributed by atoms with van der Waals surface area (Å²) in [6, 6.07) is 6.62. The maximum absolute atomic E-state index is 11.5. The first-order chi connectivity index (χ1) is 7.61.